The van der Waals surface area contributed by atoms with Crippen molar-refractivity contribution >= 4 is 5.91 Å². The molecule has 3 unspecified atom stereocenters. The van der Waals surface area contributed by atoms with Crippen LogP contribution in [0.5, 0.6) is 5.75 Å². The van der Waals surface area contributed by atoms with Gasteiger partial charge in [0.05, 0.1) is 0 Å². The molecule has 0 radical (unpaired) electrons. The number of carbonyl (C=O) groups excluding carboxylic acids is 1. The minimum Gasteiger partial charge on any atom is -0.483 e. The standard InChI is InChI=1S/C17H26N2O2/c1-12-7-8-15(13(2)9-12)19-17(20)11-21-16-6-4-3-5-14(16)10-18/h3-6,12-13,15H,7-11,18H2,1-2H3,(H,19,20). The third kappa shape index (κ3) is 4.46. The SMILES string of the molecule is CC1CCC(NC(=O)COc2ccccc2CN)C(C)C1. The molecule has 0 saturated heterocycles. The number of carbonyl (C=O) groups is 1. The van der Waals surface area contributed by atoms with Gasteiger partial charge in [-0.2, -0.15) is 0 Å². The highest BCUT2D eigenvalue weighted by Crippen LogP contribution is 2.28. The molecule has 0 aliphatic heterocycles. The summed E-state index contributed by atoms with van der Waals surface area (Å²) in [4.78, 5) is 12.0. The molecular formula is C17H26N2O2. The Balaban J connectivity index is 1.82. The van der Waals surface area contributed by atoms with Gasteiger partial charge in [-0.05, 0) is 37.2 Å². The van der Waals surface area contributed by atoms with Crippen LogP contribution < -0.4 is 15.8 Å². The minimum atomic E-state index is -0.0479. The summed E-state index contributed by atoms with van der Waals surface area (Å²) < 4.78 is 5.60. The predicted molar refractivity (Wildman–Crippen MR) is 83.9 cm³/mol. The van der Waals surface area contributed by atoms with Gasteiger partial charge in [0.15, 0.2) is 6.61 Å². The average molecular weight is 290 g/mol. The number of ether oxygens (including phenoxy) is 1. The lowest BCUT2D eigenvalue weighted by Gasteiger charge is -2.33. The van der Waals surface area contributed by atoms with Crippen LogP contribution in [0.1, 0.15) is 38.7 Å². The smallest absolute Gasteiger partial charge is 0.258 e. The monoisotopic (exact) mass is 290 g/mol. The van der Waals surface area contributed by atoms with E-state index in [1.165, 1.54) is 12.8 Å². The summed E-state index contributed by atoms with van der Waals surface area (Å²) in [5.41, 5.74) is 6.58. The van der Waals surface area contributed by atoms with Crippen LogP contribution in [0, 0.1) is 11.8 Å². The molecule has 3 atom stereocenters. The summed E-state index contributed by atoms with van der Waals surface area (Å²) in [6, 6.07) is 7.84. The van der Waals surface area contributed by atoms with Gasteiger partial charge in [0, 0.05) is 18.2 Å². The van der Waals surface area contributed by atoms with Crippen molar-refractivity contribution in [3.63, 3.8) is 0 Å². The number of amides is 1. The van der Waals surface area contributed by atoms with Crippen LogP contribution >= 0.6 is 0 Å². The van der Waals surface area contributed by atoms with E-state index in [2.05, 4.69) is 19.2 Å². The van der Waals surface area contributed by atoms with Gasteiger partial charge in [-0.3, -0.25) is 4.79 Å². The van der Waals surface area contributed by atoms with Gasteiger partial charge < -0.3 is 15.8 Å². The van der Waals surface area contributed by atoms with Crippen molar-refractivity contribution in [3.8, 4) is 5.75 Å². The van der Waals surface area contributed by atoms with E-state index in [9.17, 15) is 4.79 Å². The topological polar surface area (TPSA) is 64.3 Å². The number of benzene rings is 1. The molecule has 1 aromatic rings. The fourth-order valence-electron chi connectivity index (χ4n) is 3.08. The second-order valence-corrected chi connectivity index (χ2v) is 6.17. The fraction of sp³-hybridized carbons (Fsp3) is 0.588. The maximum absolute atomic E-state index is 12.0. The van der Waals surface area contributed by atoms with Gasteiger partial charge in [0.1, 0.15) is 5.75 Å². The van der Waals surface area contributed by atoms with Gasteiger partial charge in [0.2, 0.25) is 0 Å². The minimum absolute atomic E-state index is 0.0479. The van der Waals surface area contributed by atoms with Gasteiger partial charge in [-0.25, -0.2) is 0 Å². The highest BCUT2D eigenvalue weighted by atomic mass is 16.5. The Morgan fingerprint density at radius 3 is 2.81 bits per heavy atom. The molecule has 0 heterocycles. The maximum Gasteiger partial charge on any atom is 0.258 e. The first-order valence-electron chi connectivity index (χ1n) is 7.80. The van der Waals surface area contributed by atoms with Crippen molar-refractivity contribution in [3.05, 3.63) is 29.8 Å². The number of hydrogen-bond acceptors (Lipinski definition) is 3. The lowest BCUT2D eigenvalue weighted by atomic mass is 9.80. The number of para-hydroxylation sites is 1. The van der Waals surface area contributed by atoms with Crippen molar-refractivity contribution in [2.24, 2.45) is 17.6 Å². The summed E-state index contributed by atoms with van der Waals surface area (Å²) in [5, 5.41) is 3.10. The van der Waals surface area contributed by atoms with E-state index < -0.39 is 0 Å². The Kier molecular flexibility index (Phi) is 5.62. The molecule has 4 heteroatoms. The Morgan fingerprint density at radius 2 is 2.10 bits per heavy atom. The summed E-state index contributed by atoms with van der Waals surface area (Å²) >= 11 is 0. The van der Waals surface area contributed by atoms with Gasteiger partial charge in [0.25, 0.3) is 5.91 Å². The van der Waals surface area contributed by atoms with E-state index in [4.69, 9.17) is 10.5 Å². The van der Waals surface area contributed by atoms with E-state index in [0.29, 0.717) is 18.2 Å². The number of rotatable bonds is 5. The molecular weight excluding hydrogens is 264 g/mol. The second-order valence-electron chi connectivity index (χ2n) is 6.17. The second kappa shape index (κ2) is 7.46. The van der Waals surface area contributed by atoms with Crippen LogP contribution in [0.25, 0.3) is 0 Å². The van der Waals surface area contributed by atoms with Crippen molar-refractivity contribution < 1.29 is 9.53 Å². The first kappa shape index (κ1) is 15.8. The molecule has 0 spiro atoms. The van der Waals surface area contributed by atoms with Crippen LogP contribution in [-0.2, 0) is 11.3 Å². The molecule has 1 aliphatic carbocycles. The maximum atomic E-state index is 12.0. The zero-order chi connectivity index (χ0) is 15.2. The Labute approximate surface area is 127 Å². The van der Waals surface area contributed by atoms with Crippen molar-refractivity contribution in [2.45, 2.75) is 45.7 Å². The predicted octanol–water partition coefficient (Wildman–Crippen LogP) is 2.46. The molecule has 3 N–H and O–H groups in total. The highest BCUT2D eigenvalue weighted by molar-refractivity contribution is 5.77. The zero-order valence-corrected chi connectivity index (χ0v) is 13.0. The quantitative estimate of drug-likeness (QED) is 0.875. The van der Waals surface area contributed by atoms with E-state index in [1.807, 2.05) is 24.3 Å². The van der Waals surface area contributed by atoms with Crippen molar-refractivity contribution in [1.82, 2.24) is 5.32 Å². The van der Waals surface area contributed by atoms with E-state index in [1.54, 1.807) is 0 Å². The summed E-state index contributed by atoms with van der Waals surface area (Å²) in [6.07, 6.45) is 3.43. The highest BCUT2D eigenvalue weighted by Gasteiger charge is 2.26. The molecule has 21 heavy (non-hydrogen) atoms. The first-order valence-corrected chi connectivity index (χ1v) is 7.80. The number of nitrogens with one attached hydrogen (secondary N) is 1. The number of nitrogens with two attached hydrogens (primary N) is 1. The van der Waals surface area contributed by atoms with Crippen LogP contribution in [0.3, 0.4) is 0 Å². The van der Waals surface area contributed by atoms with Crippen LogP contribution in [0.4, 0.5) is 0 Å². The lowest BCUT2D eigenvalue weighted by molar-refractivity contribution is -0.124. The zero-order valence-electron chi connectivity index (χ0n) is 13.0. The largest absolute Gasteiger partial charge is 0.483 e. The molecule has 1 fully saturated rings. The fourth-order valence-corrected chi connectivity index (χ4v) is 3.08. The summed E-state index contributed by atoms with van der Waals surface area (Å²) in [6.45, 7) is 4.96. The molecule has 1 saturated carbocycles. The first-order chi connectivity index (χ1) is 10.1. The van der Waals surface area contributed by atoms with Crippen LogP contribution in [0.15, 0.2) is 24.3 Å². The molecule has 1 aliphatic rings. The Hall–Kier alpha value is -1.55. The Morgan fingerprint density at radius 1 is 1.33 bits per heavy atom. The third-order valence-electron chi connectivity index (χ3n) is 4.33. The van der Waals surface area contributed by atoms with Gasteiger partial charge >= 0.3 is 0 Å². The van der Waals surface area contributed by atoms with Crippen LogP contribution in [-0.4, -0.2) is 18.6 Å². The van der Waals surface area contributed by atoms with Crippen molar-refractivity contribution in [1.29, 1.82) is 0 Å². The van der Waals surface area contributed by atoms with Crippen LogP contribution in [0.2, 0.25) is 0 Å². The molecule has 2 rings (SSSR count). The van der Waals surface area contributed by atoms with Crippen molar-refractivity contribution in [2.75, 3.05) is 6.61 Å². The van der Waals surface area contributed by atoms with E-state index >= 15 is 0 Å². The van der Waals surface area contributed by atoms with Gasteiger partial charge in [-0.15, -0.1) is 0 Å². The third-order valence-corrected chi connectivity index (χ3v) is 4.33. The average Bonchev–Trinajstić information content (AvgIpc) is 2.48. The summed E-state index contributed by atoms with van der Waals surface area (Å²) in [7, 11) is 0. The molecule has 116 valence electrons. The Bertz CT molecular complexity index is 476. The van der Waals surface area contributed by atoms with E-state index in [-0.39, 0.29) is 18.6 Å². The molecule has 4 nitrogen and oxygen atoms in total. The lowest BCUT2D eigenvalue weighted by Crippen LogP contribution is -2.44. The normalized spacial score (nSPS) is 25.4. The van der Waals surface area contributed by atoms with Gasteiger partial charge in [-0.1, -0.05) is 32.0 Å². The molecule has 0 bridgehead atoms. The molecule has 0 aromatic heterocycles. The van der Waals surface area contributed by atoms with E-state index in [0.717, 1.165) is 17.9 Å². The molecule has 1 aromatic carbocycles. The molecule has 1 amide bonds. The summed E-state index contributed by atoms with van der Waals surface area (Å²) in [5.74, 6) is 1.95. The number of hydrogen-bond donors (Lipinski definition) is 2.